The molecule has 0 bridgehead atoms. The van der Waals surface area contributed by atoms with Crippen molar-refractivity contribution in [3.8, 4) is 0 Å². The minimum atomic E-state index is -2.52. The number of amides is 1. The second-order valence-corrected chi connectivity index (χ2v) is 7.66. The number of carbonyl (C=O) groups is 1. The zero-order valence-electron chi connectivity index (χ0n) is 17.1. The van der Waals surface area contributed by atoms with Crippen LogP contribution in [0.3, 0.4) is 0 Å². The fourth-order valence-electron chi connectivity index (χ4n) is 4.05. The highest BCUT2D eigenvalue weighted by Crippen LogP contribution is 2.42. The van der Waals surface area contributed by atoms with Crippen LogP contribution in [0.25, 0.3) is 0 Å². The molecule has 0 aliphatic carbocycles. The summed E-state index contributed by atoms with van der Waals surface area (Å²) in [6.45, 7) is -2.29. The molecule has 0 aromatic heterocycles. The summed E-state index contributed by atoms with van der Waals surface area (Å²) in [6.07, 6.45) is -19.9. The van der Waals surface area contributed by atoms with Crippen LogP contribution >= 0.6 is 0 Å². The molecule has 188 valence electrons. The lowest BCUT2D eigenvalue weighted by molar-refractivity contribution is -0.363. The molecule has 0 spiro atoms. The van der Waals surface area contributed by atoms with E-state index in [1.54, 1.807) is 0 Å². The Kier molecular flexibility index (Phi) is 9.53. The fraction of sp³-hybridized carbons (Fsp3) is 0.941. The molecule has 1 amide bonds. The Morgan fingerprint density at radius 2 is 1.59 bits per heavy atom. The van der Waals surface area contributed by atoms with Crippen LogP contribution in [0.1, 0.15) is 0 Å². The second-order valence-electron chi connectivity index (χ2n) is 7.66. The Morgan fingerprint density at radius 3 is 2.12 bits per heavy atom. The molecule has 2 aliphatic heterocycles. The fourth-order valence-corrected chi connectivity index (χ4v) is 4.05. The summed E-state index contributed by atoms with van der Waals surface area (Å²) >= 11 is 0. The van der Waals surface area contributed by atoms with Gasteiger partial charge in [0.2, 0.25) is 0 Å². The van der Waals surface area contributed by atoms with E-state index in [4.69, 9.17) is 30.4 Å². The minimum absolute atomic E-state index is 0.0365. The zero-order valence-corrected chi connectivity index (χ0v) is 17.1. The van der Waals surface area contributed by atoms with Crippen LogP contribution in [-0.2, 0) is 18.9 Å². The second kappa shape index (κ2) is 11.3. The van der Waals surface area contributed by atoms with E-state index in [1.807, 2.05) is 0 Å². The van der Waals surface area contributed by atoms with Crippen LogP contribution in [0, 0.1) is 0 Å². The van der Waals surface area contributed by atoms with Crippen molar-refractivity contribution < 1.29 is 64.6 Å². The molecule has 2 aliphatic rings. The van der Waals surface area contributed by atoms with E-state index in [9.17, 15) is 45.6 Å². The predicted octanol–water partition coefficient (Wildman–Crippen LogP) is -6.52. The van der Waals surface area contributed by atoms with Crippen LogP contribution in [0.15, 0.2) is 0 Å². The third kappa shape index (κ3) is 4.98. The number of aliphatic hydroxyl groups is 8. The van der Waals surface area contributed by atoms with Crippen LogP contribution < -0.4 is 11.5 Å². The van der Waals surface area contributed by atoms with E-state index >= 15 is 0 Å². The van der Waals surface area contributed by atoms with E-state index < -0.39 is 92.6 Å². The smallest absolute Gasteiger partial charge is 0.404 e. The lowest BCUT2D eigenvalue weighted by Crippen LogP contribution is -2.79. The molecular weight excluding hydrogens is 440 g/mol. The van der Waals surface area contributed by atoms with Gasteiger partial charge in [0.1, 0.15) is 54.9 Å². The Bertz CT molecular complexity index is 613. The SMILES string of the molecule is NCCOCC(O)C1([C@H]2O[C@H](CO)[C@@H](O)[C@H](O)[C@@H]2OC(N)=O)O[C@@H](CO)[C@@H](O)[C@H](O)[C@@H]1O. The highest BCUT2D eigenvalue weighted by atomic mass is 16.6. The van der Waals surface area contributed by atoms with Gasteiger partial charge in [0.25, 0.3) is 0 Å². The summed E-state index contributed by atoms with van der Waals surface area (Å²) in [5.41, 5.74) is 7.88. The van der Waals surface area contributed by atoms with Gasteiger partial charge in [-0.05, 0) is 0 Å². The van der Waals surface area contributed by atoms with Crippen molar-refractivity contribution in [3.05, 3.63) is 0 Å². The van der Waals surface area contributed by atoms with Crippen molar-refractivity contribution in [1.29, 1.82) is 0 Å². The van der Waals surface area contributed by atoms with E-state index in [2.05, 4.69) is 0 Å². The molecule has 2 fully saturated rings. The van der Waals surface area contributed by atoms with Crippen molar-refractivity contribution in [2.45, 2.75) is 66.6 Å². The molecular formula is C17H32N2O13. The third-order valence-electron chi connectivity index (χ3n) is 5.67. The van der Waals surface area contributed by atoms with E-state index in [1.165, 1.54) is 0 Å². The number of carbonyl (C=O) groups excluding carboxylic acids is 1. The van der Waals surface area contributed by atoms with Crippen molar-refractivity contribution in [2.75, 3.05) is 33.0 Å². The molecule has 2 heterocycles. The van der Waals surface area contributed by atoms with Gasteiger partial charge in [0.15, 0.2) is 11.7 Å². The maximum atomic E-state index is 11.5. The Hall–Kier alpha value is -1.21. The molecule has 11 atom stereocenters. The lowest BCUT2D eigenvalue weighted by Gasteiger charge is -2.57. The third-order valence-corrected chi connectivity index (χ3v) is 5.67. The highest BCUT2D eigenvalue weighted by molar-refractivity contribution is 5.65. The summed E-state index contributed by atoms with van der Waals surface area (Å²) in [5.74, 6) is 0. The van der Waals surface area contributed by atoms with E-state index in [0.29, 0.717) is 0 Å². The molecule has 2 saturated heterocycles. The Labute approximate surface area is 182 Å². The van der Waals surface area contributed by atoms with E-state index in [-0.39, 0.29) is 13.2 Å². The quantitative estimate of drug-likeness (QED) is 0.140. The highest BCUT2D eigenvalue weighted by Gasteiger charge is 2.66. The molecule has 0 saturated carbocycles. The van der Waals surface area contributed by atoms with Gasteiger partial charge in [0, 0.05) is 6.54 Å². The Morgan fingerprint density at radius 1 is 1.00 bits per heavy atom. The van der Waals surface area contributed by atoms with Crippen molar-refractivity contribution in [1.82, 2.24) is 0 Å². The molecule has 15 nitrogen and oxygen atoms in total. The first-order valence-electron chi connectivity index (χ1n) is 9.94. The molecule has 0 aromatic rings. The van der Waals surface area contributed by atoms with E-state index in [0.717, 1.165) is 0 Å². The summed E-state index contributed by atoms with van der Waals surface area (Å²) in [7, 11) is 0. The molecule has 0 radical (unpaired) electrons. The number of rotatable bonds is 9. The number of hydrogen-bond acceptors (Lipinski definition) is 14. The van der Waals surface area contributed by atoms with Crippen molar-refractivity contribution in [3.63, 3.8) is 0 Å². The lowest BCUT2D eigenvalue weighted by atomic mass is 9.73. The molecule has 15 heteroatoms. The number of ether oxygens (including phenoxy) is 4. The minimum Gasteiger partial charge on any atom is -0.441 e. The number of nitrogens with two attached hydrogens (primary N) is 2. The van der Waals surface area contributed by atoms with Crippen LogP contribution in [0.5, 0.6) is 0 Å². The van der Waals surface area contributed by atoms with Crippen LogP contribution in [0.4, 0.5) is 4.79 Å². The zero-order chi connectivity index (χ0) is 24.2. The van der Waals surface area contributed by atoms with Crippen LogP contribution in [-0.4, -0.2) is 147 Å². The van der Waals surface area contributed by atoms with Crippen molar-refractivity contribution >= 4 is 6.09 Å². The van der Waals surface area contributed by atoms with Gasteiger partial charge in [-0.3, -0.25) is 0 Å². The number of primary amides is 1. The van der Waals surface area contributed by atoms with Gasteiger partial charge in [-0.2, -0.15) is 0 Å². The molecule has 32 heavy (non-hydrogen) atoms. The van der Waals surface area contributed by atoms with Crippen LogP contribution in [0.2, 0.25) is 0 Å². The maximum absolute atomic E-state index is 11.5. The summed E-state index contributed by atoms with van der Waals surface area (Å²) in [4.78, 5) is 11.5. The number of hydrogen-bond donors (Lipinski definition) is 10. The Balaban J connectivity index is 2.60. The van der Waals surface area contributed by atoms with Gasteiger partial charge in [0.05, 0.1) is 26.4 Å². The largest absolute Gasteiger partial charge is 0.441 e. The summed E-state index contributed by atoms with van der Waals surface area (Å²) in [6, 6.07) is 0. The first kappa shape index (κ1) is 27.0. The average molecular weight is 472 g/mol. The van der Waals surface area contributed by atoms with Crippen molar-refractivity contribution in [2.24, 2.45) is 11.5 Å². The average Bonchev–Trinajstić information content (AvgIpc) is 2.76. The summed E-state index contributed by atoms with van der Waals surface area (Å²) < 4.78 is 21.2. The first-order chi connectivity index (χ1) is 15.1. The topological polar surface area (TPSA) is 268 Å². The molecule has 0 aromatic carbocycles. The van der Waals surface area contributed by atoms with Gasteiger partial charge in [-0.25, -0.2) is 4.79 Å². The van der Waals surface area contributed by atoms with Gasteiger partial charge < -0.3 is 71.3 Å². The number of aliphatic hydroxyl groups excluding tert-OH is 8. The van der Waals surface area contributed by atoms with Gasteiger partial charge >= 0.3 is 6.09 Å². The molecule has 2 rings (SSSR count). The molecule has 2 unspecified atom stereocenters. The predicted molar refractivity (Wildman–Crippen MR) is 101 cm³/mol. The van der Waals surface area contributed by atoms with Gasteiger partial charge in [-0.15, -0.1) is 0 Å². The molecule has 12 N–H and O–H groups in total. The normalized spacial score (nSPS) is 43.6. The first-order valence-corrected chi connectivity index (χ1v) is 9.94. The van der Waals surface area contributed by atoms with Gasteiger partial charge in [-0.1, -0.05) is 0 Å². The monoisotopic (exact) mass is 472 g/mol. The summed E-state index contributed by atoms with van der Waals surface area (Å²) in [5, 5.41) is 82.3. The standard InChI is InChI=1S/C17H32N2O13/c18-1-2-29-5-8(22)17(14(27)12(26)10(24)7(4-21)32-17)15-13(31-16(19)28)11(25)9(23)6(3-20)30-15/h6-15,20-27H,1-5,18H2,(H2,19,28)/t6-,7+,8?,9-,10-,11+,12+,13+,14+,15+,17?/m1/s1. The maximum Gasteiger partial charge on any atom is 0.404 e.